The highest BCUT2D eigenvalue weighted by molar-refractivity contribution is 9.10. The number of rotatable bonds is 3. The van der Waals surface area contributed by atoms with Gasteiger partial charge < -0.3 is 10.4 Å². The van der Waals surface area contributed by atoms with Crippen LogP contribution in [-0.2, 0) is 0 Å². The van der Waals surface area contributed by atoms with Crippen LogP contribution in [0.5, 0.6) is 0 Å². The molecule has 0 radical (unpaired) electrons. The summed E-state index contributed by atoms with van der Waals surface area (Å²) in [6.07, 6.45) is 0. The van der Waals surface area contributed by atoms with Crippen LogP contribution in [0.1, 0.15) is 24.2 Å². The topological polar surface area (TPSA) is 49.3 Å². The number of carbonyl (C=O) groups excluding carboxylic acids is 1. The van der Waals surface area contributed by atoms with Crippen LogP contribution in [0.3, 0.4) is 0 Å². The third-order valence-corrected chi connectivity index (χ3v) is 2.49. The van der Waals surface area contributed by atoms with Gasteiger partial charge in [-0.1, -0.05) is 12.1 Å². The van der Waals surface area contributed by atoms with Crippen LogP contribution in [-0.4, -0.2) is 23.2 Å². The van der Waals surface area contributed by atoms with E-state index in [0.29, 0.717) is 5.56 Å². The number of benzene rings is 1. The smallest absolute Gasteiger partial charge is 0.252 e. The average Bonchev–Trinajstić information content (AvgIpc) is 2.14. The zero-order valence-electron chi connectivity index (χ0n) is 8.75. The van der Waals surface area contributed by atoms with Gasteiger partial charge in [0, 0.05) is 11.0 Å². The molecule has 0 fully saturated rings. The largest absolute Gasteiger partial charge is 0.389 e. The highest BCUT2D eigenvalue weighted by Gasteiger charge is 2.15. The minimum Gasteiger partial charge on any atom is -0.389 e. The van der Waals surface area contributed by atoms with Gasteiger partial charge in [-0.2, -0.15) is 0 Å². The molecule has 3 nitrogen and oxygen atoms in total. The third kappa shape index (κ3) is 4.01. The molecule has 0 aromatic heterocycles. The summed E-state index contributed by atoms with van der Waals surface area (Å²) in [7, 11) is 0. The first-order valence-corrected chi connectivity index (χ1v) is 5.44. The Bertz CT molecular complexity index is 358. The van der Waals surface area contributed by atoms with E-state index in [0.717, 1.165) is 4.47 Å². The molecule has 15 heavy (non-hydrogen) atoms. The molecule has 82 valence electrons. The molecule has 1 rings (SSSR count). The molecule has 1 aromatic carbocycles. The Morgan fingerprint density at radius 1 is 1.47 bits per heavy atom. The first kappa shape index (κ1) is 12.2. The maximum atomic E-state index is 11.7. The van der Waals surface area contributed by atoms with Gasteiger partial charge in [0.25, 0.3) is 5.91 Å². The number of carbonyl (C=O) groups is 1. The lowest BCUT2D eigenvalue weighted by Crippen LogP contribution is -2.38. The fourth-order valence-corrected chi connectivity index (χ4v) is 1.50. The number of hydrogen-bond donors (Lipinski definition) is 2. The normalized spacial score (nSPS) is 11.2. The Kier molecular flexibility index (Phi) is 3.88. The standard InChI is InChI=1S/C11H14BrNO2/c1-11(2,15)7-13-10(14)8-5-3-4-6-9(8)12/h3-6,15H,7H2,1-2H3,(H,13,14). The number of aliphatic hydroxyl groups is 1. The van der Waals surface area contributed by atoms with Crippen molar-refractivity contribution in [1.29, 1.82) is 0 Å². The molecular formula is C11H14BrNO2. The highest BCUT2D eigenvalue weighted by atomic mass is 79.9. The van der Waals surface area contributed by atoms with Crippen molar-refractivity contribution in [3.63, 3.8) is 0 Å². The molecular weight excluding hydrogens is 258 g/mol. The molecule has 0 heterocycles. The molecule has 0 bridgehead atoms. The molecule has 1 amide bonds. The Labute approximate surface area is 97.6 Å². The van der Waals surface area contributed by atoms with Gasteiger partial charge in [-0.3, -0.25) is 4.79 Å². The molecule has 0 saturated carbocycles. The predicted octanol–water partition coefficient (Wildman–Crippen LogP) is 1.95. The van der Waals surface area contributed by atoms with E-state index in [-0.39, 0.29) is 12.5 Å². The van der Waals surface area contributed by atoms with E-state index in [2.05, 4.69) is 21.2 Å². The lowest BCUT2D eigenvalue weighted by molar-refractivity contribution is 0.0694. The third-order valence-electron chi connectivity index (χ3n) is 1.80. The molecule has 0 spiro atoms. The zero-order valence-corrected chi connectivity index (χ0v) is 10.3. The Hall–Kier alpha value is -0.870. The summed E-state index contributed by atoms with van der Waals surface area (Å²) in [4.78, 5) is 11.7. The maximum absolute atomic E-state index is 11.7. The summed E-state index contributed by atoms with van der Waals surface area (Å²) in [5.74, 6) is -0.190. The second-order valence-corrected chi connectivity index (χ2v) is 4.83. The van der Waals surface area contributed by atoms with Crippen molar-refractivity contribution >= 4 is 21.8 Å². The molecule has 2 N–H and O–H groups in total. The molecule has 0 saturated heterocycles. The number of hydrogen-bond acceptors (Lipinski definition) is 2. The minimum atomic E-state index is -0.892. The summed E-state index contributed by atoms with van der Waals surface area (Å²) in [6, 6.07) is 7.17. The van der Waals surface area contributed by atoms with E-state index in [4.69, 9.17) is 0 Å². The van der Waals surface area contributed by atoms with Crippen LogP contribution in [0, 0.1) is 0 Å². The first-order chi connectivity index (χ1) is 6.90. The summed E-state index contributed by atoms with van der Waals surface area (Å²) >= 11 is 3.29. The highest BCUT2D eigenvalue weighted by Crippen LogP contribution is 2.15. The van der Waals surface area contributed by atoms with E-state index in [1.54, 1.807) is 32.0 Å². The SMILES string of the molecule is CC(C)(O)CNC(=O)c1ccccc1Br. The molecule has 0 aliphatic rings. The van der Waals surface area contributed by atoms with Crippen LogP contribution in [0.15, 0.2) is 28.7 Å². The Morgan fingerprint density at radius 2 is 2.07 bits per heavy atom. The van der Waals surface area contributed by atoms with Crippen molar-refractivity contribution in [2.45, 2.75) is 19.4 Å². The minimum absolute atomic E-state index is 0.190. The van der Waals surface area contributed by atoms with Gasteiger partial charge in [0.2, 0.25) is 0 Å². The molecule has 0 aliphatic carbocycles. The summed E-state index contributed by atoms with van der Waals surface area (Å²) in [5.41, 5.74) is -0.321. The van der Waals surface area contributed by atoms with E-state index in [1.165, 1.54) is 0 Å². The number of halogens is 1. The van der Waals surface area contributed by atoms with Gasteiger partial charge in [0.1, 0.15) is 0 Å². The lowest BCUT2D eigenvalue weighted by atomic mass is 10.1. The van der Waals surface area contributed by atoms with Gasteiger partial charge in [0.15, 0.2) is 0 Å². The Morgan fingerprint density at radius 3 is 2.60 bits per heavy atom. The number of nitrogens with one attached hydrogen (secondary N) is 1. The monoisotopic (exact) mass is 271 g/mol. The second-order valence-electron chi connectivity index (χ2n) is 3.97. The van der Waals surface area contributed by atoms with Crippen LogP contribution in [0.4, 0.5) is 0 Å². The molecule has 0 aliphatic heterocycles. The molecule has 0 atom stereocenters. The van der Waals surface area contributed by atoms with Crippen molar-refractivity contribution in [2.75, 3.05) is 6.54 Å². The van der Waals surface area contributed by atoms with E-state index in [1.807, 2.05) is 6.07 Å². The van der Waals surface area contributed by atoms with Crippen molar-refractivity contribution in [2.24, 2.45) is 0 Å². The van der Waals surface area contributed by atoms with Crippen LogP contribution < -0.4 is 5.32 Å². The fraction of sp³-hybridized carbons (Fsp3) is 0.364. The second kappa shape index (κ2) is 4.77. The van der Waals surface area contributed by atoms with Gasteiger partial charge in [-0.05, 0) is 41.9 Å². The number of amides is 1. The maximum Gasteiger partial charge on any atom is 0.252 e. The average molecular weight is 272 g/mol. The zero-order chi connectivity index (χ0) is 11.5. The van der Waals surface area contributed by atoms with Gasteiger partial charge in [-0.25, -0.2) is 0 Å². The molecule has 1 aromatic rings. The van der Waals surface area contributed by atoms with Crippen molar-refractivity contribution in [3.8, 4) is 0 Å². The summed E-state index contributed by atoms with van der Waals surface area (Å²) in [6.45, 7) is 3.52. The van der Waals surface area contributed by atoms with Crippen molar-refractivity contribution in [3.05, 3.63) is 34.3 Å². The van der Waals surface area contributed by atoms with Gasteiger partial charge >= 0.3 is 0 Å². The summed E-state index contributed by atoms with van der Waals surface area (Å²) in [5, 5.41) is 12.1. The summed E-state index contributed by atoms with van der Waals surface area (Å²) < 4.78 is 0.748. The molecule has 0 unspecified atom stereocenters. The Balaban J connectivity index is 2.66. The van der Waals surface area contributed by atoms with Crippen LogP contribution in [0.25, 0.3) is 0 Å². The predicted molar refractivity (Wildman–Crippen MR) is 62.8 cm³/mol. The lowest BCUT2D eigenvalue weighted by Gasteiger charge is -2.17. The van der Waals surface area contributed by atoms with Crippen LogP contribution in [0.2, 0.25) is 0 Å². The van der Waals surface area contributed by atoms with E-state index >= 15 is 0 Å². The van der Waals surface area contributed by atoms with Gasteiger partial charge in [-0.15, -0.1) is 0 Å². The quantitative estimate of drug-likeness (QED) is 0.883. The van der Waals surface area contributed by atoms with Crippen molar-refractivity contribution in [1.82, 2.24) is 5.32 Å². The van der Waals surface area contributed by atoms with Crippen LogP contribution >= 0.6 is 15.9 Å². The van der Waals surface area contributed by atoms with E-state index < -0.39 is 5.60 Å². The first-order valence-electron chi connectivity index (χ1n) is 4.65. The van der Waals surface area contributed by atoms with Crippen molar-refractivity contribution < 1.29 is 9.90 Å². The fourth-order valence-electron chi connectivity index (χ4n) is 1.04. The van der Waals surface area contributed by atoms with E-state index in [9.17, 15) is 9.90 Å². The molecule has 4 heteroatoms. The van der Waals surface area contributed by atoms with Gasteiger partial charge in [0.05, 0.1) is 11.2 Å².